The second-order valence-electron chi connectivity index (χ2n) is 14.1. The molecule has 2 saturated heterocycles. The maximum absolute atomic E-state index is 12.8. The summed E-state index contributed by atoms with van der Waals surface area (Å²) in [5.41, 5.74) is -0.512. The Morgan fingerprint density at radius 3 is 2.31 bits per heavy atom. The van der Waals surface area contributed by atoms with Crippen LogP contribution in [0.15, 0.2) is 23.8 Å². The monoisotopic (exact) mass is 500 g/mol. The van der Waals surface area contributed by atoms with Crippen LogP contribution in [0.3, 0.4) is 0 Å². The van der Waals surface area contributed by atoms with Crippen LogP contribution in [0.1, 0.15) is 92.9 Å². The molecule has 6 rings (SSSR count). The van der Waals surface area contributed by atoms with E-state index >= 15 is 0 Å². The first-order valence-corrected chi connectivity index (χ1v) is 14.2. The second kappa shape index (κ2) is 8.16. The van der Waals surface area contributed by atoms with Crippen molar-refractivity contribution in [2.75, 3.05) is 13.7 Å². The van der Waals surface area contributed by atoms with Crippen molar-refractivity contribution in [1.29, 1.82) is 0 Å². The molecule has 4 aliphatic carbocycles. The van der Waals surface area contributed by atoms with Crippen molar-refractivity contribution >= 4 is 5.97 Å². The fraction of sp³-hybridized carbons (Fsp3) is 0.839. The molecule has 9 atom stereocenters. The van der Waals surface area contributed by atoms with Gasteiger partial charge in [-0.2, -0.15) is 0 Å². The number of hydrogen-bond donors (Lipinski definition) is 2. The molecule has 0 unspecified atom stereocenters. The van der Waals surface area contributed by atoms with Crippen molar-refractivity contribution < 1.29 is 24.5 Å². The molecule has 6 aliphatic rings. The molecular weight excluding hydrogens is 452 g/mol. The summed E-state index contributed by atoms with van der Waals surface area (Å²) in [4.78, 5) is 11.7. The van der Waals surface area contributed by atoms with E-state index < -0.39 is 11.4 Å². The summed E-state index contributed by atoms with van der Waals surface area (Å²) in [6, 6.07) is 0. The molecule has 5 nitrogen and oxygen atoms in total. The average Bonchev–Trinajstić information content (AvgIpc) is 3.11. The van der Waals surface area contributed by atoms with Gasteiger partial charge in [-0.05, 0) is 86.4 Å². The van der Waals surface area contributed by atoms with E-state index in [4.69, 9.17) is 9.47 Å². The van der Waals surface area contributed by atoms with E-state index in [0.29, 0.717) is 30.4 Å². The number of esters is 1. The zero-order valence-electron chi connectivity index (χ0n) is 23.5. The number of methoxy groups -OCH3 is 1. The normalized spacial score (nSPS) is 50.4. The lowest BCUT2D eigenvalue weighted by atomic mass is 9.34. The van der Waals surface area contributed by atoms with Crippen molar-refractivity contribution in [2.24, 2.45) is 45.3 Å². The predicted molar refractivity (Wildman–Crippen MR) is 140 cm³/mol. The molecule has 0 aromatic carbocycles. The Bertz CT molecular complexity index is 971. The number of ether oxygens (including phenoxy) is 2. The number of rotatable bonds is 4. The van der Waals surface area contributed by atoms with E-state index in [1.165, 1.54) is 13.5 Å². The van der Waals surface area contributed by atoms with Gasteiger partial charge in [0.1, 0.15) is 0 Å². The topological polar surface area (TPSA) is 76.0 Å². The number of hydrogen-bond acceptors (Lipinski definition) is 5. The Labute approximate surface area is 217 Å². The van der Waals surface area contributed by atoms with Crippen LogP contribution in [0.5, 0.6) is 0 Å². The first-order chi connectivity index (χ1) is 16.7. The summed E-state index contributed by atoms with van der Waals surface area (Å²) in [5, 5.41) is 24.1. The maximum Gasteiger partial charge on any atom is 0.333 e. The van der Waals surface area contributed by atoms with Gasteiger partial charge in [0, 0.05) is 22.8 Å². The van der Waals surface area contributed by atoms with Crippen molar-refractivity contribution in [3.63, 3.8) is 0 Å². The maximum atomic E-state index is 12.8. The van der Waals surface area contributed by atoms with Gasteiger partial charge in [-0.3, -0.25) is 0 Å². The first-order valence-electron chi connectivity index (χ1n) is 14.2. The molecule has 0 aromatic heterocycles. The predicted octanol–water partition coefficient (Wildman–Crippen LogP) is 5.80. The van der Waals surface area contributed by atoms with Crippen LogP contribution in [0.2, 0.25) is 0 Å². The third-order valence-electron chi connectivity index (χ3n) is 13.0. The van der Waals surface area contributed by atoms with Crippen molar-refractivity contribution in [1.82, 2.24) is 0 Å². The van der Waals surface area contributed by atoms with Crippen LogP contribution in [-0.4, -0.2) is 41.3 Å². The molecule has 2 N–H and O–H groups in total. The number of aliphatic hydroxyl groups is 2. The van der Waals surface area contributed by atoms with Gasteiger partial charge in [0.05, 0.1) is 19.3 Å². The van der Waals surface area contributed by atoms with E-state index in [1.54, 1.807) is 6.92 Å². The second-order valence-corrected chi connectivity index (χ2v) is 14.1. The van der Waals surface area contributed by atoms with Gasteiger partial charge >= 0.3 is 5.97 Å². The van der Waals surface area contributed by atoms with Gasteiger partial charge in [0.15, 0.2) is 5.79 Å². The SMILES string of the molecule is COC(=O)/C(C)=C/C=C[C@@H](C)[C@H]1CC[C@@]2(C)[C@@H]3CC[C@H]4C(C)(C)[C@]5(O)CC[C@]4(CO5)[C@@]3(O)CC[C@]12C. The molecule has 5 heteroatoms. The van der Waals surface area contributed by atoms with Gasteiger partial charge < -0.3 is 19.7 Å². The van der Waals surface area contributed by atoms with Crippen molar-refractivity contribution in [2.45, 2.75) is 104 Å². The van der Waals surface area contributed by atoms with E-state index in [2.05, 4.69) is 40.7 Å². The molecule has 6 fully saturated rings. The summed E-state index contributed by atoms with van der Waals surface area (Å²) in [5.74, 6) is 0.130. The van der Waals surface area contributed by atoms with Crippen LogP contribution < -0.4 is 0 Å². The van der Waals surface area contributed by atoms with E-state index in [0.717, 1.165) is 38.5 Å². The Morgan fingerprint density at radius 1 is 0.972 bits per heavy atom. The largest absolute Gasteiger partial charge is 0.466 e. The molecule has 202 valence electrons. The minimum atomic E-state index is -1.06. The summed E-state index contributed by atoms with van der Waals surface area (Å²) in [6.45, 7) is 13.9. The number of carbonyl (C=O) groups is 1. The summed E-state index contributed by atoms with van der Waals surface area (Å²) in [6.07, 6.45) is 13.9. The number of allylic oxidation sites excluding steroid dienone is 3. The highest BCUT2D eigenvalue weighted by Gasteiger charge is 2.77. The zero-order chi connectivity index (χ0) is 26.4. The van der Waals surface area contributed by atoms with E-state index in [-0.39, 0.29) is 39.5 Å². The van der Waals surface area contributed by atoms with Crippen molar-refractivity contribution in [3.8, 4) is 0 Å². The smallest absolute Gasteiger partial charge is 0.333 e. The third kappa shape index (κ3) is 3.09. The highest BCUT2D eigenvalue weighted by molar-refractivity contribution is 5.87. The van der Waals surface area contributed by atoms with Crippen LogP contribution in [0.4, 0.5) is 0 Å². The minimum absolute atomic E-state index is 0.0690. The van der Waals surface area contributed by atoms with Gasteiger partial charge in [0.2, 0.25) is 0 Å². The van der Waals surface area contributed by atoms with Crippen LogP contribution in [-0.2, 0) is 14.3 Å². The van der Waals surface area contributed by atoms with Crippen LogP contribution in [0.25, 0.3) is 0 Å². The van der Waals surface area contributed by atoms with Gasteiger partial charge in [0.25, 0.3) is 0 Å². The lowest BCUT2D eigenvalue weighted by Crippen LogP contribution is -2.78. The molecule has 0 radical (unpaired) electrons. The van der Waals surface area contributed by atoms with Gasteiger partial charge in [-0.15, -0.1) is 0 Å². The number of fused-ring (bicyclic) bond motifs is 5. The Kier molecular flexibility index (Phi) is 6.00. The Balaban J connectivity index is 1.43. The molecule has 2 heterocycles. The fourth-order valence-electron chi connectivity index (χ4n) is 10.6. The lowest BCUT2D eigenvalue weighted by molar-refractivity contribution is -0.417. The Hall–Kier alpha value is -1.17. The zero-order valence-corrected chi connectivity index (χ0v) is 23.5. The lowest BCUT2D eigenvalue weighted by Gasteiger charge is -2.75. The molecule has 4 saturated carbocycles. The average molecular weight is 501 g/mol. The fourth-order valence-corrected chi connectivity index (χ4v) is 10.6. The summed E-state index contributed by atoms with van der Waals surface area (Å²) in [7, 11) is 1.41. The van der Waals surface area contributed by atoms with E-state index in [9.17, 15) is 15.0 Å². The highest BCUT2D eigenvalue weighted by Crippen LogP contribution is 2.77. The molecule has 0 amide bonds. The molecule has 0 aromatic rings. The van der Waals surface area contributed by atoms with E-state index in [1.807, 2.05) is 12.2 Å². The standard InChI is InChI=1S/C31H48O5/c1-20(9-8-10-21(2)25(32)35-7)22-13-14-28(6)24-12-11-23-26(3,4)31(34)18-16-29(23,19-36-31)30(24,33)17-15-27(22,28)5/h8-10,20,22-24,33-34H,11-19H2,1-7H3/b9-8?,21-10+/t20-,22-,23+,24+,27-,28+,29-,30-,31+/m1/s1. The van der Waals surface area contributed by atoms with Gasteiger partial charge in [-0.1, -0.05) is 52.8 Å². The number of carbonyl (C=O) groups excluding carboxylic acids is 1. The minimum Gasteiger partial charge on any atom is -0.466 e. The molecule has 2 bridgehead atoms. The third-order valence-corrected chi connectivity index (χ3v) is 13.0. The Morgan fingerprint density at radius 2 is 1.67 bits per heavy atom. The highest BCUT2D eigenvalue weighted by atomic mass is 16.6. The van der Waals surface area contributed by atoms with Crippen LogP contribution >= 0.6 is 0 Å². The van der Waals surface area contributed by atoms with Gasteiger partial charge in [-0.25, -0.2) is 4.79 Å². The first kappa shape index (κ1) is 26.4. The quantitative estimate of drug-likeness (QED) is 0.290. The molecular formula is C31H48O5. The molecule has 36 heavy (non-hydrogen) atoms. The summed E-state index contributed by atoms with van der Waals surface area (Å²) >= 11 is 0. The molecule has 2 aliphatic heterocycles. The van der Waals surface area contributed by atoms with Crippen molar-refractivity contribution in [3.05, 3.63) is 23.8 Å². The summed E-state index contributed by atoms with van der Waals surface area (Å²) < 4.78 is 11.0. The molecule has 1 spiro atoms. The van der Waals surface area contributed by atoms with Crippen LogP contribution in [0, 0.1) is 45.3 Å².